The van der Waals surface area contributed by atoms with Crippen molar-refractivity contribution in [3.63, 3.8) is 0 Å². The van der Waals surface area contributed by atoms with Gasteiger partial charge in [0.1, 0.15) is 11.8 Å². The van der Waals surface area contributed by atoms with Crippen molar-refractivity contribution in [2.45, 2.75) is 0 Å². The fourth-order valence-corrected chi connectivity index (χ4v) is 2.35. The number of anilines is 2. The molecule has 0 radical (unpaired) electrons. The summed E-state index contributed by atoms with van der Waals surface area (Å²) in [5.74, 6) is 0.0265. The number of aromatic nitrogens is 3. The molecule has 1 amide bonds. The molecule has 7 heteroatoms. The number of carbonyl (C=O) groups is 1. The zero-order valence-corrected chi connectivity index (χ0v) is 11.6. The third-order valence-corrected chi connectivity index (χ3v) is 3.45. The van der Waals surface area contributed by atoms with E-state index in [4.69, 9.17) is 5.26 Å². The fourth-order valence-electron chi connectivity index (χ4n) is 2.35. The van der Waals surface area contributed by atoms with E-state index in [-0.39, 0.29) is 5.91 Å². The molecule has 0 aliphatic carbocycles. The molecular weight excluding hydrogens is 268 g/mol. The van der Waals surface area contributed by atoms with Gasteiger partial charge in [0.2, 0.25) is 5.91 Å². The Balaban J connectivity index is 1.73. The van der Waals surface area contributed by atoms with Crippen LogP contribution in [0.25, 0.3) is 0 Å². The molecule has 3 rings (SSSR count). The fraction of sp³-hybridized carbons (Fsp3) is 0.286. The van der Waals surface area contributed by atoms with Crippen LogP contribution in [-0.2, 0) is 11.8 Å². The van der Waals surface area contributed by atoms with Gasteiger partial charge in [-0.05, 0) is 12.1 Å². The second-order valence-electron chi connectivity index (χ2n) is 4.85. The van der Waals surface area contributed by atoms with Crippen molar-refractivity contribution >= 4 is 17.3 Å². The summed E-state index contributed by atoms with van der Waals surface area (Å²) in [6.07, 6.45) is 5.15. The normalized spacial score (nSPS) is 15.1. The van der Waals surface area contributed by atoms with Crippen molar-refractivity contribution in [2.24, 2.45) is 7.05 Å². The number of nitrogens with zero attached hydrogens (tertiary/aromatic N) is 6. The first-order valence-corrected chi connectivity index (χ1v) is 6.57. The number of hydrogen-bond acceptors (Lipinski definition) is 5. The van der Waals surface area contributed by atoms with E-state index in [1.54, 1.807) is 28.0 Å². The van der Waals surface area contributed by atoms with E-state index in [1.165, 1.54) is 0 Å². The van der Waals surface area contributed by atoms with E-state index in [9.17, 15) is 4.79 Å². The molecule has 0 aromatic carbocycles. The highest BCUT2D eigenvalue weighted by atomic mass is 16.2. The summed E-state index contributed by atoms with van der Waals surface area (Å²) in [7, 11) is 1.83. The lowest BCUT2D eigenvalue weighted by Crippen LogP contribution is -2.50. The molecule has 7 nitrogen and oxygen atoms in total. The standard InChI is InChI=1S/C14H14N6O/c1-18-9-13(8-17-18)20-5-4-19(10-14(20)21)12-3-2-11(6-15)16-7-12/h2-3,7-9H,4-5,10H2,1H3. The lowest BCUT2D eigenvalue weighted by Gasteiger charge is -2.34. The number of piperazine rings is 1. The van der Waals surface area contributed by atoms with E-state index in [0.29, 0.717) is 25.3 Å². The average molecular weight is 282 g/mol. The van der Waals surface area contributed by atoms with Gasteiger partial charge in [-0.15, -0.1) is 0 Å². The summed E-state index contributed by atoms with van der Waals surface area (Å²) in [5, 5.41) is 12.8. The Morgan fingerprint density at radius 1 is 1.24 bits per heavy atom. The van der Waals surface area contributed by atoms with Gasteiger partial charge in [-0.1, -0.05) is 0 Å². The van der Waals surface area contributed by atoms with Crippen LogP contribution < -0.4 is 9.80 Å². The molecule has 0 bridgehead atoms. The maximum Gasteiger partial charge on any atom is 0.246 e. The predicted molar refractivity (Wildman–Crippen MR) is 76.7 cm³/mol. The summed E-state index contributed by atoms with van der Waals surface area (Å²) in [5.41, 5.74) is 2.05. The number of pyridine rings is 1. The molecule has 0 saturated carbocycles. The maximum atomic E-state index is 12.3. The Morgan fingerprint density at radius 3 is 2.67 bits per heavy atom. The van der Waals surface area contributed by atoms with Crippen LogP contribution in [0.4, 0.5) is 11.4 Å². The van der Waals surface area contributed by atoms with Gasteiger partial charge >= 0.3 is 0 Å². The Hall–Kier alpha value is -2.88. The monoisotopic (exact) mass is 282 g/mol. The molecule has 0 unspecified atom stereocenters. The van der Waals surface area contributed by atoms with Crippen molar-refractivity contribution in [1.82, 2.24) is 14.8 Å². The van der Waals surface area contributed by atoms with Crippen LogP contribution in [0.5, 0.6) is 0 Å². The molecular formula is C14H14N6O. The van der Waals surface area contributed by atoms with Crippen LogP contribution in [0, 0.1) is 11.3 Å². The predicted octanol–water partition coefficient (Wildman–Crippen LogP) is 0.540. The molecule has 1 aliphatic rings. The van der Waals surface area contributed by atoms with Crippen LogP contribution >= 0.6 is 0 Å². The van der Waals surface area contributed by atoms with Gasteiger partial charge in [0.25, 0.3) is 0 Å². The van der Waals surface area contributed by atoms with Gasteiger partial charge in [0, 0.05) is 26.3 Å². The first-order chi connectivity index (χ1) is 10.2. The molecule has 0 atom stereocenters. The van der Waals surface area contributed by atoms with E-state index in [2.05, 4.69) is 10.1 Å². The Bertz CT molecular complexity index is 699. The number of nitriles is 1. The Labute approximate surface area is 122 Å². The Morgan fingerprint density at radius 2 is 2.10 bits per heavy atom. The molecule has 106 valence electrons. The second-order valence-corrected chi connectivity index (χ2v) is 4.85. The zero-order chi connectivity index (χ0) is 14.8. The summed E-state index contributed by atoms with van der Waals surface area (Å²) in [4.78, 5) is 20.0. The molecule has 0 N–H and O–H groups in total. The van der Waals surface area contributed by atoms with Crippen molar-refractivity contribution in [3.8, 4) is 6.07 Å². The van der Waals surface area contributed by atoms with E-state index < -0.39 is 0 Å². The molecule has 0 spiro atoms. The van der Waals surface area contributed by atoms with Crippen molar-refractivity contribution < 1.29 is 4.79 Å². The third kappa shape index (κ3) is 2.56. The Kier molecular flexibility index (Phi) is 3.28. The van der Waals surface area contributed by atoms with Crippen LogP contribution in [-0.4, -0.2) is 40.3 Å². The molecule has 1 aliphatic heterocycles. The number of amides is 1. The molecule has 3 heterocycles. The second kappa shape index (κ2) is 5.25. The van der Waals surface area contributed by atoms with Gasteiger partial charge in [-0.2, -0.15) is 10.4 Å². The van der Waals surface area contributed by atoms with Gasteiger partial charge in [0.15, 0.2) is 0 Å². The summed E-state index contributed by atoms with van der Waals surface area (Å²) in [6, 6.07) is 5.46. The zero-order valence-electron chi connectivity index (χ0n) is 11.6. The highest BCUT2D eigenvalue weighted by Gasteiger charge is 2.26. The number of hydrogen-bond donors (Lipinski definition) is 0. The van der Waals surface area contributed by atoms with Gasteiger partial charge in [-0.25, -0.2) is 4.98 Å². The van der Waals surface area contributed by atoms with Gasteiger partial charge < -0.3 is 9.80 Å². The van der Waals surface area contributed by atoms with Gasteiger partial charge in [0.05, 0.1) is 30.3 Å². The lowest BCUT2D eigenvalue weighted by molar-refractivity contribution is -0.117. The van der Waals surface area contributed by atoms with Gasteiger partial charge in [-0.3, -0.25) is 9.48 Å². The minimum atomic E-state index is 0.0265. The van der Waals surface area contributed by atoms with Crippen molar-refractivity contribution in [1.29, 1.82) is 5.26 Å². The quantitative estimate of drug-likeness (QED) is 0.803. The van der Waals surface area contributed by atoms with Crippen LogP contribution in [0.1, 0.15) is 5.69 Å². The SMILES string of the molecule is Cn1cc(N2CCN(c3ccc(C#N)nc3)CC2=O)cn1. The molecule has 2 aromatic rings. The largest absolute Gasteiger partial charge is 0.359 e. The number of carbonyl (C=O) groups excluding carboxylic acids is 1. The minimum Gasteiger partial charge on any atom is -0.359 e. The van der Waals surface area contributed by atoms with Crippen LogP contribution in [0.15, 0.2) is 30.7 Å². The van der Waals surface area contributed by atoms with E-state index in [0.717, 1.165) is 11.4 Å². The molecule has 1 saturated heterocycles. The first-order valence-electron chi connectivity index (χ1n) is 6.57. The topological polar surface area (TPSA) is 78.0 Å². The highest BCUT2D eigenvalue weighted by molar-refractivity contribution is 5.97. The number of rotatable bonds is 2. The summed E-state index contributed by atoms with van der Waals surface area (Å²) < 4.78 is 1.68. The maximum absolute atomic E-state index is 12.3. The smallest absolute Gasteiger partial charge is 0.246 e. The molecule has 2 aromatic heterocycles. The van der Waals surface area contributed by atoms with E-state index >= 15 is 0 Å². The molecule has 21 heavy (non-hydrogen) atoms. The minimum absolute atomic E-state index is 0.0265. The van der Waals surface area contributed by atoms with Crippen LogP contribution in [0.2, 0.25) is 0 Å². The van der Waals surface area contributed by atoms with Crippen molar-refractivity contribution in [2.75, 3.05) is 29.4 Å². The van der Waals surface area contributed by atoms with Crippen LogP contribution in [0.3, 0.4) is 0 Å². The highest BCUT2D eigenvalue weighted by Crippen LogP contribution is 2.20. The summed E-state index contributed by atoms with van der Waals surface area (Å²) >= 11 is 0. The van der Waals surface area contributed by atoms with Crippen molar-refractivity contribution in [3.05, 3.63) is 36.4 Å². The summed E-state index contributed by atoms with van der Waals surface area (Å²) in [6.45, 7) is 1.61. The average Bonchev–Trinajstić information content (AvgIpc) is 2.93. The first kappa shape index (κ1) is 13.1. The third-order valence-electron chi connectivity index (χ3n) is 3.45. The van der Waals surface area contributed by atoms with E-state index in [1.807, 2.05) is 30.3 Å². The lowest BCUT2D eigenvalue weighted by atomic mass is 10.2. The molecule has 1 fully saturated rings. The number of aryl methyl sites for hydroxylation is 1.